The number of aliphatic hydroxyl groups is 2. The van der Waals surface area contributed by atoms with Crippen molar-refractivity contribution in [2.75, 3.05) is 6.61 Å². The standard InChI is InChI=1S/C7H10O3.C3H8O2/c1-6(8)10-5-7-3-2-4-9-7;1-3(2,4)5/h5H,2-4H2,1H3;4-5H,1-2H3/b7-5+;. The SMILES string of the molecule is CC(=O)O/C=C1\CCCO1.CC(C)(O)O. The molecule has 0 aromatic carbocycles. The Kier molecular flexibility index (Phi) is 5.96. The number of hydrogen-bond acceptors (Lipinski definition) is 5. The normalized spacial score (nSPS) is 17.8. The van der Waals surface area contributed by atoms with Gasteiger partial charge in [0, 0.05) is 13.3 Å². The molecule has 88 valence electrons. The summed E-state index contributed by atoms with van der Waals surface area (Å²) < 4.78 is 9.69. The van der Waals surface area contributed by atoms with Gasteiger partial charge in [0.05, 0.1) is 6.61 Å². The quantitative estimate of drug-likeness (QED) is 0.388. The molecule has 0 unspecified atom stereocenters. The summed E-state index contributed by atoms with van der Waals surface area (Å²) in [4.78, 5) is 10.3. The topological polar surface area (TPSA) is 76.0 Å². The first-order valence-corrected chi connectivity index (χ1v) is 4.73. The number of carbonyl (C=O) groups is 1. The molecule has 0 aromatic rings. The molecule has 0 bridgehead atoms. The van der Waals surface area contributed by atoms with Crippen molar-refractivity contribution >= 4 is 5.97 Å². The van der Waals surface area contributed by atoms with E-state index in [4.69, 9.17) is 14.9 Å². The second-order valence-corrected chi connectivity index (χ2v) is 3.64. The Hall–Kier alpha value is -1.07. The van der Waals surface area contributed by atoms with Crippen molar-refractivity contribution in [3.8, 4) is 0 Å². The summed E-state index contributed by atoms with van der Waals surface area (Å²) in [6.07, 6.45) is 3.29. The van der Waals surface area contributed by atoms with Crippen molar-refractivity contribution < 1.29 is 24.5 Å². The first-order chi connectivity index (χ1) is 6.79. The van der Waals surface area contributed by atoms with Gasteiger partial charge < -0.3 is 19.7 Å². The smallest absolute Gasteiger partial charge is 0.307 e. The van der Waals surface area contributed by atoms with Gasteiger partial charge in [0.25, 0.3) is 0 Å². The van der Waals surface area contributed by atoms with Gasteiger partial charge >= 0.3 is 5.97 Å². The first kappa shape index (κ1) is 13.9. The highest BCUT2D eigenvalue weighted by Crippen LogP contribution is 2.15. The van der Waals surface area contributed by atoms with Gasteiger partial charge in [-0.15, -0.1) is 0 Å². The number of rotatable bonds is 1. The van der Waals surface area contributed by atoms with Crippen LogP contribution in [0, 0.1) is 0 Å². The molecule has 1 rings (SSSR count). The molecule has 0 aliphatic carbocycles. The minimum absolute atomic E-state index is 0.303. The number of hydrogen-bond donors (Lipinski definition) is 2. The molecule has 1 saturated heterocycles. The third-order valence-corrected chi connectivity index (χ3v) is 1.21. The molecule has 0 saturated carbocycles. The molecular weight excluding hydrogens is 200 g/mol. The summed E-state index contributed by atoms with van der Waals surface area (Å²) >= 11 is 0. The average molecular weight is 218 g/mol. The minimum atomic E-state index is -1.50. The number of carbonyl (C=O) groups excluding carboxylic acids is 1. The zero-order valence-electron chi connectivity index (χ0n) is 9.32. The predicted molar refractivity (Wildman–Crippen MR) is 53.6 cm³/mol. The van der Waals surface area contributed by atoms with Crippen LogP contribution in [-0.4, -0.2) is 28.6 Å². The van der Waals surface area contributed by atoms with Gasteiger partial charge in [-0.3, -0.25) is 4.79 Å². The lowest BCUT2D eigenvalue weighted by Crippen LogP contribution is -2.15. The second kappa shape index (κ2) is 6.42. The summed E-state index contributed by atoms with van der Waals surface area (Å²) in [5.74, 6) is -1.03. The van der Waals surface area contributed by atoms with Crippen LogP contribution < -0.4 is 0 Å². The number of ether oxygens (including phenoxy) is 2. The fourth-order valence-corrected chi connectivity index (χ4v) is 0.763. The van der Waals surface area contributed by atoms with E-state index in [0.717, 1.165) is 25.2 Å². The van der Waals surface area contributed by atoms with Crippen LogP contribution in [0.5, 0.6) is 0 Å². The highest BCUT2D eigenvalue weighted by Gasteiger charge is 2.07. The summed E-state index contributed by atoms with van der Waals surface area (Å²) in [6.45, 7) is 4.71. The number of allylic oxidation sites excluding steroid dienone is 1. The Labute approximate surface area is 89.3 Å². The van der Waals surface area contributed by atoms with E-state index < -0.39 is 5.79 Å². The molecule has 0 aromatic heterocycles. The molecular formula is C10H18O5. The van der Waals surface area contributed by atoms with E-state index in [1.54, 1.807) is 0 Å². The largest absolute Gasteiger partial charge is 0.495 e. The Balaban J connectivity index is 0.000000336. The molecule has 5 heteroatoms. The van der Waals surface area contributed by atoms with Gasteiger partial charge in [-0.1, -0.05) is 0 Å². The summed E-state index contributed by atoms with van der Waals surface area (Å²) in [7, 11) is 0. The van der Waals surface area contributed by atoms with E-state index in [-0.39, 0.29) is 5.97 Å². The average Bonchev–Trinajstić information content (AvgIpc) is 2.48. The lowest BCUT2D eigenvalue weighted by Gasteiger charge is -2.03. The molecule has 5 nitrogen and oxygen atoms in total. The maximum absolute atomic E-state index is 10.3. The number of esters is 1. The van der Waals surface area contributed by atoms with E-state index in [0.29, 0.717) is 0 Å². The molecule has 2 N–H and O–H groups in total. The lowest BCUT2D eigenvalue weighted by molar-refractivity contribution is -0.135. The highest BCUT2D eigenvalue weighted by molar-refractivity contribution is 5.66. The van der Waals surface area contributed by atoms with Crippen LogP contribution >= 0.6 is 0 Å². The van der Waals surface area contributed by atoms with Crippen molar-refractivity contribution in [3.63, 3.8) is 0 Å². The van der Waals surface area contributed by atoms with Crippen molar-refractivity contribution in [2.24, 2.45) is 0 Å². The van der Waals surface area contributed by atoms with Crippen LogP contribution in [0.15, 0.2) is 12.0 Å². The van der Waals surface area contributed by atoms with Crippen LogP contribution in [0.2, 0.25) is 0 Å². The zero-order valence-corrected chi connectivity index (χ0v) is 9.32. The summed E-state index contributed by atoms with van der Waals surface area (Å²) in [5, 5.41) is 16.2. The summed E-state index contributed by atoms with van der Waals surface area (Å²) in [5.41, 5.74) is 0. The first-order valence-electron chi connectivity index (χ1n) is 4.73. The van der Waals surface area contributed by atoms with Crippen LogP contribution in [-0.2, 0) is 14.3 Å². The van der Waals surface area contributed by atoms with Gasteiger partial charge in [0.15, 0.2) is 5.79 Å². The maximum Gasteiger partial charge on any atom is 0.307 e. The zero-order chi connectivity index (χ0) is 11.9. The molecule has 1 aliphatic heterocycles. The Bertz CT molecular complexity index is 212. The van der Waals surface area contributed by atoms with Crippen molar-refractivity contribution in [3.05, 3.63) is 12.0 Å². The fraction of sp³-hybridized carbons (Fsp3) is 0.700. The molecule has 1 aliphatic rings. The van der Waals surface area contributed by atoms with Gasteiger partial charge in [-0.2, -0.15) is 0 Å². The lowest BCUT2D eigenvalue weighted by atomic mass is 10.3. The van der Waals surface area contributed by atoms with E-state index in [2.05, 4.69) is 4.74 Å². The molecule has 0 spiro atoms. The maximum atomic E-state index is 10.3. The van der Waals surface area contributed by atoms with Crippen LogP contribution in [0.1, 0.15) is 33.6 Å². The minimum Gasteiger partial charge on any atom is -0.495 e. The predicted octanol–water partition coefficient (Wildman–Crippen LogP) is 0.908. The Morgan fingerprint density at radius 3 is 2.40 bits per heavy atom. The van der Waals surface area contributed by atoms with Crippen LogP contribution in [0.25, 0.3) is 0 Å². The monoisotopic (exact) mass is 218 g/mol. The van der Waals surface area contributed by atoms with Gasteiger partial charge in [-0.05, 0) is 20.3 Å². The van der Waals surface area contributed by atoms with Crippen molar-refractivity contribution in [2.45, 2.75) is 39.4 Å². The molecule has 15 heavy (non-hydrogen) atoms. The van der Waals surface area contributed by atoms with Crippen LogP contribution in [0.3, 0.4) is 0 Å². The van der Waals surface area contributed by atoms with Gasteiger partial charge in [-0.25, -0.2) is 0 Å². The highest BCUT2D eigenvalue weighted by atomic mass is 16.5. The molecule has 0 radical (unpaired) electrons. The van der Waals surface area contributed by atoms with E-state index in [9.17, 15) is 4.79 Å². The molecule has 1 fully saturated rings. The van der Waals surface area contributed by atoms with Crippen molar-refractivity contribution in [1.29, 1.82) is 0 Å². The Morgan fingerprint density at radius 2 is 2.07 bits per heavy atom. The van der Waals surface area contributed by atoms with Gasteiger partial charge in [0.1, 0.15) is 12.0 Å². The van der Waals surface area contributed by atoms with Gasteiger partial charge in [0.2, 0.25) is 0 Å². The van der Waals surface area contributed by atoms with E-state index in [1.807, 2.05) is 0 Å². The van der Waals surface area contributed by atoms with Crippen LogP contribution in [0.4, 0.5) is 0 Å². The fourth-order valence-electron chi connectivity index (χ4n) is 0.763. The van der Waals surface area contributed by atoms with E-state index >= 15 is 0 Å². The third-order valence-electron chi connectivity index (χ3n) is 1.21. The van der Waals surface area contributed by atoms with E-state index in [1.165, 1.54) is 27.0 Å². The molecule has 0 atom stereocenters. The summed E-state index contributed by atoms with van der Waals surface area (Å²) in [6, 6.07) is 0. The molecule has 1 heterocycles. The molecule has 0 amide bonds. The second-order valence-electron chi connectivity index (χ2n) is 3.64. The Morgan fingerprint density at radius 1 is 1.53 bits per heavy atom. The third kappa shape index (κ3) is 12.9. The van der Waals surface area contributed by atoms with Crippen molar-refractivity contribution in [1.82, 2.24) is 0 Å².